The van der Waals surface area contributed by atoms with Gasteiger partial charge in [-0.2, -0.15) is 0 Å². The largest absolute Gasteiger partial charge is 0.456 e. The number of carbonyl (C=O) groups is 2. The zero-order valence-corrected chi connectivity index (χ0v) is 16.2. The summed E-state index contributed by atoms with van der Waals surface area (Å²) < 4.78 is 5.83. The third kappa shape index (κ3) is 2.22. The Morgan fingerprint density at radius 1 is 1.12 bits per heavy atom. The second kappa shape index (κ2) is 5.78. The monoisotopic (exact) mass is 364 g/mol. The second-order valence-corrected chi connectivity index (χ2v) is 9.93. The van der Waals surface area contributed by atoms with E-state index in [4.69, 9.17) is 4.74 Å². The zero-order valence-electron chi connectivity index (χ0n) is 16.2. The number of aliphatic hydroxyl groups excluding tert-OH is 2. The van der Waals surface area contributed by atoms with Gasteiger partial charge < -0.3 is 19.7 Å². The quantitative estimate of drug-likeness (QED) is 0.736. The van der Waals surface area contributed by atoms with Crippen LogP contribution in [0.4, 0.5) is 0 Å². The number of esters is 1. The molecule has 0 aromatic rings. The van der Waals surface area contributed by atoms with Crippen LogP contribution in [0.2, 0.25) is 0 Å². The van der Waals surface area contributed by atoms with Crippen molar-refractivity contribution in [2.75, 3.05) is 0 Å². The molecule has 8 atom stereocenters. The normalized spacial score (nSPS) is 53.3. The smallest absolute Gasteiger partial charge is 0.306 e. The maximum absolute atomic E-state index is 12.2. The van der Waals surface area contributed by atoms with E-state index in [9.17, 15) is 19.8 Å². The third-order valence-corrected chi connectivity index (χ3v) is 8.82. The van der Waals surface area contributed by atoms with Crippen molar-refractivity contribution in [3.63, 3.8) is 0 Å². The summed E-state index contributed by atoms with van der Waals surface area (Å²) in [5.41, 5.74) is -1.56. The molecule has 1 heterocycles. The predicted octanol–water partition coefficient (Wildman–Crippen LogP) is 2.62. The Labute approximate surface area is 155 Å². The number of carbonyl (C=O) groups excluding carboxylic acids is 2. The maximum Gasteiger partial charge on any atom is 0.306 e. The van der Waals surface area contributed by atoms with E-state index in [1.807, 2.05) is 0 Å². The molecule has 0 unspecified atom stereocenters. The van der Waals surface area contributed by atoms with Gasteiger partial charge in [-0.15, -0.1) is 0 Å². The molecule has 5 nitrogen and oxygen atoms in total. The van der Waals surface area contributed by atoms with Crippen LogP contribution in [0, 0.1) is 28.6 Å². The number of Topliss-reactive ketones (excluding diaryl/α,β-unsaturated/α-hetero) is 1. The summed E-state index contributed by atoms with van der Waals surface area (Å²) in [6.45, 7) is 5.86. The van der Waals surface area contributed by atoms with Crippen molar-refractivity contribution in [1.29, 1.82) is 0 Å². The van der Waals surface area contributed by atoms with Crippen LogP contribution in [-0.4, -0.2) is 39.8 Å². The minimum Gasteiger partial charge on any atom is -0.456 e. The Hall–Kier alpha value is -0.940. The Morgan fingerprint density at radius 3 is 2.46 bits per heavy atom. The molecule has 3 aliphatic carbocycles. The molecule has 1 aliphatic heterocycles. The average Bonchev–Trinajstić information content (AvgIpc) is 3.08. The molecule has 0 radical (unpaired) electrons. The minimum atomic E-state index is -0.929. The van der Waals surface area contributed by atoms with Crippen molar-refractivity contribution in [3.05, 3.63) is 0 Å². The lowest BCUT2D eigenvalue weighted by molar-refractivity contribution is -0.240. The number of ether oxygens (including phenoxy) is 1. The summed E-state index contributed by atoms with van der Waals surface area (Å²) in [5, 5.41) is 21.8. The third-order valence-electron chi connectivity index (χ3n) is 8.82. The predicted molar refractivity (Wildman–Crippen MR) is 95.1 cm³/mol. The van der Waals surface area contributed by atoms with E-state index < -0.39 is 17.1 Å². The zero-order chi connectivity index (χ0) is 18.9. The molecule has 0 bridgehead atoms. The van der Waals surface area contributed by atoms with Gasteiger partial charge in [0.2, 0.25) is 0 Å². The highest BCUT2D eigenvalue weighted by atomic mass is 16.6. The lowest BCUT2D eigenvalue weighted by Crippen LogP contribution is -2.66. The van der Waals surface area contributed by atoms with Crippen molar-refractivity contribution in [2.24, 2.45) is 28.6 Å². The van der Waals surface area contributed by atoms with Crippen molar-refractivity contribution in [3.8, 4) is 0 Å². The molecule has 5 heteroatoms. The van der Waals surface area contributed by atoms with Gasteiger partial charge in [0.15, 0.2) is 0 Å². The van der Waals surface area contributed by atoms with Crippen LogP contribution in [0.25, 0.3) is 0 Å². The molecule has 4 fully saturated rings. The molecule has 1 spiro atoms. The highest BCUT2D eigenvalue weighted by Gasteiger charge is 2.69. The number of hydrogen-bond donors (Lipinski definition) is 2. The summed E-state index contributed by atoms with van der Waals surface area (Å²) in [6, 6.07) is 0. The van der Waals surface area contributed by atoms with Gasteiger partial charge in [0.25, 0.3) is 0 Å². The van der Waals surface area contributed by atoms with Gasteiger partial charge in [0.05, 0.1) is 12.2 Å². The van der Waals surface area contributed by atoms with Gasteiger partial charge in [-0.1, -0.05) is 13.8 Å². The summed E-state index contributed by atoms with van der Waals surface area (Å²) in [5.74, 6) is 0.711. The SMILES string of the molecule is CC(=O)C[C@]1(C)[C@H]2CC[C@]3(C)[C@@H](O)CC[C@H]3[C@@H]2C[C@@H](O)[C@@]12CCC(=O)O2. The fourth-order valence-electron chi connectivity index (χ4n) is 7.55. The van der Waals surface area contributed by atoms with E-state index in [-0.39, 0.29) is 35.1 Å². The number of hydrogen-bond acceptors (Lipinski definition) is 5. The van der Waals surface area contributed by atoms with Crippen molar-refractivity contribution in [2.45, 2.75) is 89.9 Å². The summed E-state index contributed by atoms with van der Waals surface area (Å²) in [6.07, 6.45) is 4.43. The molecular weight excluding hydrogens is 332 g/mol. The first kappa shape index (κ1) is 18.4. The molecule has 0 aromatic heterocycles. The van der Waals surface area contributed by atoms with Crippen LogP contribution in [0.1, 0.15) is 72.1 Å². The van der Waals surface area contributed by atoms with Crippen molar-refractivity contribution in [1.82, 2.24) is 0 Å². The first-order chi connectivity index (χ1) is 12.1. The fraction of sp³-hybridized carbons (Fsp3) is 0.905. The molecule has 4 rings (SSSR count). The molecule has 2 N–H and O–H groups in total. The molecule has 4 aliphatic rings. The highest BCUT2D eigenvalue weighted by Crippen LogP contribution is 2.67. The van der Waals surface area contributed by atoms with Crippen molar-refractivity contribution < 1.29 is 24.5 Å². The van der Waals surface area contributed by atoms with E-state index >= 15 is 0 Å². The van der Waals surface area contributed by atoms with Gasteiger partial charge >= 0.3 is 5.97 Å². The molecule has 1 saturated heterocycles. The number of rotatable bonds is 2. The highest BCUT2D eigenvalue weighted by molar-refractivity contribution is 5.77. The van der Waals surface area contributed by atoms with E-state index in [1.165, 1.54) is 0 Å². The topological polar surface area (TPSA) is 83.8 Å². The van der Waals surface area contributed by atoms with Gasteiger partial charge in [-0.3, -0.25) is 4.79 Å². The second-order valence-electron chi connectivity index (χ2n) is 9.93. The van der Waals surface area contributed by atoms with Crippen LogP contribution in [0.5, 0.6) is 0 Å². The van der Waals surface area contributed by atoms with Crippen LogP contribution in [-0.2, 0) is 14.3 Å². The Morgan fingerprint density at radius 2 is 1.85 bits per heavy atom. The lowest BCUT2D eigenvalue weighted by atomic mass is 9.44. The average molecular weight is 364 g/mol. The summed E-state index contributed by atoms with van der Waals surface area (Å²) in [7, 11) is 0. The van der Waals surface area contributed by atoms with E-state index in [1.54, 1.807) is 6.92 Å². The van der Waals surface area contributed by atoms with Crippen LogP contribution in [0.3, 0.4) is 0 Å². The molecule has 26 heavy (non-hydrogen) atoms. The molecular formula is C21H32O5. The van der Waals surface area contributed by atoms with E-state index in [2.05, 4.69) is 13.8 Å². The molecule has 3 saturated carbocycles. The Kier molecular flexibility index (Phi) is 4.09. The van der Waals surface area contributed by atoms with Crippen molar-refractivity contribution >= 4 is 11.8 Å². The standard InChI is InChI=1S/C21H32O5/c1-12(22)11-20(3)15-6-8-19(2)14(4-5-16(19)23)13(15)10-17(24)21(20)9-7-18(25)26-21/h13-17,23-24H,4-11H2,1-3H3/t13-,14-,15-,16-,17+,19-,20+,21-/m0/s1. The number of fused-ring (bicyclic) bond motifs is 3. The molecule has 0 amide bonds. The minimum absolute atomic E-state index is 0.0856. The van der Waals surface area contributed by atoms with Crippen LogP contribution < -0.4 is 0 Å². The van der Waals surface area contributed by atoms with Gasteiger partial charge in [-0.05, 0) is 62.2 Å². The summed E-state index contributed by atoms with van der Waals surface area (Å²) >= 11 is 0. The Balaban J connectivity index is 1.76. The van der Waals surface area contributed by atoms with E-state index in [0.717, 1.165) is 25.7 Å². The maximum atomic E-state index is 12.2. The van der Waals surface area contributed by atoms with E-state index in [0.29, 0.717) is 31.6 Å². The fourth-order valence-corrected chi connectivity index (χ4v) is 7.55. The number of aliphatic hydroxyl groups is 2. The lowest BCUT2D eigenvalue weighted by Gasteiger charge is -2.62. The van der Waals surface area contributed by atoms with Crippen LogP contribution >= 0.6 is 0 Å². The first-order valence-corrected chi connectivity index (χ1v) is 10.2. The van der Waals surface area contributed by atoms with Gasteiger partial charge in [0, 0.05) is 24.7 Å². The van der Waals surface area contributed by atoms with Gasteiger partial charge in [-0.25, -0.2) is 0 Å². The molecule has 146 valence electrons. The molecule has 0 aromatic carbocycles. The summed E-state index contributed by atoms with van der Waals surface area (Å²) in [4.78, 5) is 24.2. The van der Waals surface area contributed by atoms with Crippen LogP contribution in [0.15, 0.2) is 0 Å². The first-order valence-electron chi connectivity index (χ1n) is 10.2. The van der Waals surface area contributed by atoms with Gasteiger partial charge in [0.1, 0.15) is 11.4 Å². The Bertz CT molecular complexity index is 632. The number of ketones is 1.